The molecule has 0 aliphatic rings. The minimum Gasteiger partial charge on any atom is -0.465 e. The zero-order valence-corrected chi connectivity index (χ0v) is 13.1. The van der Waals surface area contributed by atoms with Crippen LogP contribution in [0.5, 0.6) is 0 Å². The molecule has 2 aromatic rings. The molecule has 1 aromatic carbocycles. The van der Waals surface area contributed by atoms with Crippen LogP contribution in [0.25, 0.3) is 0 Å². The minimum atomic E-state index is -0.226. The van der Waals surface area contributed by atoms with E-state index in [1.807, 2.05) is 29.8 Å². The molecule has 0 saturated heterocycles. The first-order valence-electron chi connectivity index (χ1n) is 6.91. The summed E-state index contributed by atoms with van der Waals surface area (Å²) in [4.78, 5) is 11.3. The van der Waals surface area contributed by atoms with Gasteiger partial charge in [0.2, 0.25) is 0 Å². The highest BCUT2D eigenvalue weighted by atomic mass is 32.2. The molecular weight excluding hydrogens is 286 g/mol. The molecule has 0 N–H and O–H groups in total. The number of thioether (sulfide) groups is 1. The van der Waals surface area contributed by atoms with Gasteiger partial charge in [0.25, 0.3) is 0 Å². The van der Waals surface area contributed by atoms with Crippen molar-refractivity contribution in [2.75, 3.05) is 12.4 Å². The Labute approximate surface area is 128 Å². The minimum absolute atomic E-state index is 0.226. The second kappa shape index (κ2) is 7.83. The number of hydrogen-bond acceptors (Lipinski definition) is 5. The van der Waals surface area contributed by atoms with Gasteiger partial charge in [0.05, 0.1) is 12.4 Å². The van der Waals surface area contributed by atoms with Crippen LogP contribution in [0.4, 0.5) is 0 Å². The van der Waals surface area contributed by atoms with Crippen LogP contribution >= 0.6 is 11.8 Å². The molecule has 0 saturated carbocycles. The third-order valence-corrected chi connectivity index (χ3v) is 4.02. The summed E-state index contributed by atoms with van der Waals surface area (Å²) in [5.74, 6) is 0.958. The van der Waals surface area contributed by atoms with E-state index in [0.29, 0.717) is 6.61 Å². The van der Waals surface area contributed by atoms with Gasteiger partial charge < -0.3 is 9.30 Å². The van der Waals surface area contributed by atoms with Crippen LogP contribution < -0.4 is 0 Å². The predicted octanol–water partition coefficient (Wildman–Crippen LogP) is 2.26. The highest BCUT2D eigenvalue weighted by Crippen LogP contribution is 2.16. The smallest absolute Gasteiger partial charge is 0.316 e. The van der Waals surface area contributed by atoms with E-state index >= 15 is 0 Å². The van der Waals surface area contributed by atoms with Gasteiger partial charge in [0, 0.05) is 13.5 Å². The zero-order chi connectivity index (χ0) is 15.1. The molecule has 0 aliphatic carbocycles. The van der Waals surface area contributed by atoms with E-state index in [1.54, 1.807) is 6.92 Å². The summed E-state index contributed by atoms with van der Waals surface area (Å²) in [5, 5.41) is 9.06. The van der Waals surface area contributed by atoms with E-state index in [2.05, 4.69) is 22.3 Å². The zero-order valence-electron chi connectivity index (χ0n) is 12.3. The summed E-state index contributed by atoms with van der Waals surface area (Å²) in [5.41, 5.74) is 1.28. The Kier molecular flexibility index (Phi) is 5.80. The summed E-state index contributed by atoms with van der Waals surface area (Å²) < 4.78 is 6.84. The molecule has 0 atom stereocenters. The molecule has 5 nitrogen and oxygen atoms in total. The number of ether oxygens (including phenoxy) is 1. The number of benzene rings is 1. The van der Waals surface area contributed by atoms with Crippen molar-refractivity contribution in [2.45, 2.75) is 24.9 Å². The van der Waals surface area contributed by atoms with E-state index in [4.69, 9.17) is 4.74 Å². The lowest BCUT2D eigenvalue weighted by Gasteiger charge is -2.04. The fourth-order valence-electron chi connectivity index (χ4n) is 1.92. The number of aryl methyl sites for hydroxylation is 2. The van der Waals surface area contributed by atoms with Crippen LogP contribution in [0.3, 0.4) is 0 Å². The second-order valence-electron chi connectivity index (χ2n) is 4.54. The van der Waals surface area contributed by atoms with Crippen molar-refractivity contribution in [3.8, 4) is 0 Å². The van der Waals surface area contributed by atoms with Crippen LogP contribution in [0.1, 0.15) is 18.3 Å². The van der Waals surface area contributed by atoms with Gasteiger partial charge in [-0.3, -0.25) is 4.79 Å². The molecular formula is C15H19N3O2S. The number of aromatic nitrogens is 3. The lowest BCUT2D eigenvalue weighted by molar-refractivity contribution is -0.139. The average molecular weight is 305 g/mol. The first-order chi connectivity index (χ1) is 10.2. The van der Waals surface area contributed by atoms with Crippen molar-refractivity contribution in [3.05, 3.63) is 41.7 Å². The number of esters is 1. The summed E-state index contributed by atoms with van der Waals surface area (Å²) in [6.07, 6.45) is 1.75. The predicted molar refractivity (Wildman–Crippen MR) is 82.2 cm³/mol. The van der Waals surface area contributed by atoms with Gasteiger partial charge in [0.15, 0.2) is 5.16 Å². The van der Waals surface area contributed by atoms with Crippen molar-refractivity contribution < 1.29 is 9.53 Å². The molecule has 0 radical (unpaired) electrons. The summed E-state index contributed by atoms with van der Waals surface area (Å²) in [6, 6.07) is 10.3. The Hall–Kier alpha value is -1.82. The molecule has 2 rings (SSSR count). The topological polar surface area (TPSA) is 57.0 Å². The van der Waals surface area contributed by atoms with E-state index in [9.17, 15) is 4.79 Å². The Bertz CT molecular complexity index is 584. The summed E-state index contributed by atoms with van der Waals surface area (Å²) in [6.45, 7) is 2.20. The number of carbonyl (C=O) groups excluding carboxylic acids is 1. The standard InChI is InChI=1S/C15H19N3O2S/c1-3-20-14(19)11-21-15-17-16-13(18(15)2)10-9-12-7-5-4-6-8-12/h4-8H,3,9-11H2,1-2H3. The fourth-order valence-corrected chi connectivity index (χ4v) is 2.64. The molecule has 0 spiro atoms. The Balaban J connectivity index is 1.89. The van der Waals surface area contributed by atoms with Crippen LogP contribution in [0.15, 0.2) is 35.5 Å². The van der Waals surface area contributed by atoms with E-state index < -0.39 is 0 Å². The number of carbonyl (C=O) groups is 1. The quantitative estimate of drug-likeness (QED) is 0.580. The van der Waals surface area contributed by atoms with Gasteiger partial charge in [-0.05, 0) is 18.9 Å². The molecule has 112 valence electrons. The maximum atomic E-state index is 11.3. The third kappa shape index (κ3) is 4.60. The van der Waals surface area contributed by atoms with Crippen LogP contribution in [-0.2, 0) is 29.4 Å². The monoisotopic (exact) mass is 305 g/mol. The number of hydrogen-bond donors (Lipinski definition) is 0. The molecule has 6 heteroatoms. The first kappa shape index (κ1) is 15.6. The number of rotatable bonds is 7. The second-order valence-corrected chi connectivity index (χ2v) is 5.48. The lowest BCUT2D eigenvalue weighted by atomic mass is 10.1. The van der Waals surface area contributed by atoms with Crippen LogP contribution in [-0.4, -0.2) is 33.1 Å². The van der Waals surface area contributed by atoms with Crippen LogP contribution in [0.2, 0.25) is 0 Å². The summed E-state index contributed by atoms with van der Waals surface area (Å²) >= 11 is 1.35. The largest absolute Gasteiger partial charge is 0.465 e. The lowest BCUT2D eigenvalue weighted by Crippen LogP contribution is -2.08. The third-order valence-electron chi connectivity index (χ3n) is 3.03. The van der Waals surface area contributed by atoms with Gasteiger partial charge in [-0.1, -0.05) is 42.1 Å². The Morgan fingerprint density at radius 2 is 2.00 bits per heavy atom. The van der Waals surface area contributed by atoms with Crippen LogP contribution in [0, 0.1) is 0 Å². The molecule has 1 aromatic heterocycles. The normalized spacial score (nSPS) is 10.6. The molecule has 0 unspecified atom stereocenters. The molecule has 0 fully saturated rings. The molecule has 0 amide bonds. The van der Waals surface area contributed by atoms with Gasteiger partial charge in [-0.15, -0.1) is 10.2 Å². The van der Waals surface area contributed by atoms with Gasteiger partial charge in [-0.2, -0.15) is 0 Å². The Morgan fingerprint density at radius 3 is 2.71 bits per heavy atom. The van der Waals surface area contributed by atoms with Gasteiger partial charge in [-0.25, -0.2) is 0 Å². The molecule has 21 heavy (non-hydrogen) atoms. The average Bonchev–Trinajstić information content (AvgIpc) is 2.85. The summed E-state index contributed by atoms with van der Waals surface area (Å²) in [7, 11) is 1.92. The molecule has 0 bridgehead atoms. The highest BCUT2D eigenvalue weighted by Gasteiger charge is 2.11. The maximum Gasteiger partial charge on any atom is 0.316 e. The maximum absolute atomic E-state index is 11.3. The van der Waals surface area contributed by atoms with Gasteiger partial charge in [0.1, 0.15) is 5.82 Å². The number of nitrogens with zero attached hydrogens (tertiary/aromatic N) is 3. The SMILES string of the molecule is CCOC(=O)CSc1nnc(CCc2ccccc2)n1C. The van der Waals surface area contributed by atoms with Crippen molar-refractivity contribution >= 4 is 17.7 Å². The molecule has 1 heterocycles. The van der Waals surface area contributed by atoms with Crippen molar-refractivity contribution in [3.63, 3.8) is 0 Å². The van der Waals surface area contributed by atoms with E-state index in [1.165, 1.54) is 17.3 Å². The van der Waals surface area contributed by atoms with Crippen molar-refractivity contribution in [1.29, 1.82) is 0 Å². The Morgan fingerprint density at radius 1 is 1.24 bits per heavy atom. The highest BCUT2D eigenvalue weighted by molar-refractivity contribution is 7.99. The first-order valence-corrected chi connectivity index (χ1v) is 7.90. The van der Waals surface area contributed by atoms with Crippen molar-refractivity contribution in [1.82, 2.24) is 14.8 Å². The van der Waals surface area contributed by atoms with E-state index in [0.717, 1.165) is 23.8 Å². The molecule has 0 aliphatic heterocycles. The van der Waals surface area contributed by atoms with Crippen molar-refractivity contribution in [2.24, 2.45) is 7.05 Å². The fraction of sp³-hybridized carbons (Fsp3) is 0.400. The van der Waals surface area contributed by atoms with E-state index in [-0.39, 0.29) is 11.7 Å². The van der Waals surface area contributed by atoms with Gasteiger partial charge >= 0.3 is 5.97 Å².